The zero-order chi connectivity index (χ0) is 23.4. The van der Waals surface area contributed by atoms with Gasteiger partial charge in [0.15, 0.2) is 0 Å². The first-order valence-corrected chi connectivity index (χ1v) is 11.7. The zero-order valence-corrected chi connectivity index (χ0v) is 19.4. The van der Waals surface area contributed by atoms with Gasteiger partial charge in [-0.3, -0.25) is 19.3 Å². The van der Waals surface area contributed by atoms with Gasteiger partial charge in [0, 0.05) is 56.1 Å². The molecule has 2 saturated heterocycles. The summed E-state index contributed by atoms with van der Waals surface area (Å²) in [6, 6.07) is 14.7. The smallest absolute Gasteiger partial charge is 0.255 e. The Balaban J connectivity index is 1.40. The average Bonchev–Trinajstić information content (AvgIpc) is 3.21. The van der Waals surface area contributed by atoms with Crippen molar-refractivity contribution < 1.29 is 14.4 Å². The van der Waals surface area contributed by atoms with Gasteiger partial charge in [0.2, 0.25) is 11.8 Å². The topological polar surface area (TPSA) is 73.0 Å². The number of hydrogen-bond donors (Lipinski definition) is 1. The molecule has 1 N–H and O–H groups in total. The molecular formula is C26H32N4O3. The van der Waals surface area contributed by atoms with Crippen LogP contribution in [0.2, 0.25) is 0 Å². The molecule has 0 unspecified atom stereocenters. The van der Waals surface area contributed by atoms with Crippen LogP contribution in [-0.4, -0.2) is 66.8 Å². The van der Waals surface area contributed by atoms with Gasteiger partial charge >= 0.3 is 0 Å². The summed E-state index contributed by atoms with van der Waals surface area (Å²) in [7, 11) is 0. The van der Waals surface area contributed by atoms with Crippen molar-refractivity contribution >= 4 is 29.1 Å². The van der Waals surface area contributed by atoms with E-state index >= 15 is 0 Å². The van der Waals surface area contributed by atoms with E-state index in [0.29, 0.717) is 17.8 Å². The molecule has 0 saturated carbocycles. The van der Waals surface area contributed by atoms with Crippen LogP contribution < -0.4 is 10.2 Å². The van der Waals surface area contributed by atoms with E-state index in [1.807, 2.05) is 42.2 Å². The van der Waals surface area contributed by atoms with E-state index in [4.69, 9.17) is 0 Å². The van der Waals surface area contributed by atoms with Crippen molar-refractivity contribution in [2.75, 3.05) is 49.5 Å². The lowest BCUT2D eigenvalue weighted by molar-refractivity contribution is -0.137. The Labute approximate surface area is 195 Å². The first-order valence-electron chi connectivity index (χ1n) is 11.7. The quantitative estimate of drug-likeness (QED) is 0.737. The normalized spacial score (nSPS) is 19.1. The molecule has 3 amide bonds. The third-order valence-corrected chi connectivity index (χ3v) is 6.39. The van der Waals surface area contributed by atoms with E-state index in [0.717, 1.165) is 50.4 Å². The van der Waals surface area contributed by atoms with Crippen LogP contribution in [0.5, 0.6) is 0 Å². The number of anilines is 2. The Morgan fingerprint density at radius 2 is 1.79 bits per heavy atom. The number of carbonyl (C=O) groups is 3. The Morgan fingerprint density at radius 1 is 1.03 bits per heavy atom. The molecule has 0 bridgehead atoms. The fourth-order valence-corrected chi connectivity index (χ4v) is 4.63. The van der Waals surface area contributed by atoms with Crippen LogP contribution in [0.15, 0.2) is 48.5 Å². The molecule has 7 nitrogen and oxygen atoms in total. The van der Waals surface area contributed by atoms with E-state index in [1.165, 1.54) is 0 Å². The SMILES string of the molecule is CCCN1CCN(C(=O)[C@@H]2CC(=O)N(c3cccc(C(=O)Nc4cccc(C)c4)c3)C2)CC1. The number of hydrogen-bond acceptors (Lipinski definition) is 4. The van der Waals surface area contributed by atoms with Crippen molar-refractivity contribution in [3.05, 3.63) is 59.7 Å². The van der Waals surface area contributed by atoms with Gasteiger partial charge in [0.25, 0.3) is 5.91 Å². The van der Waals surface area contributed by atoms with Gasteiger partial charge in [-0.05, 0) is 55.8 Å². The van der Waals surface area contributed by atoms with Crippen LogP contribution in [0.1, 0.15) is 35.7 Å². The maximum Gasteiger partial charge on any atom is 0.255 e. The molecule has 1 atom stereocenters. The largest absolute Gasteiger partial charge is 0.340 e. The molecule has 2 fully saturated rings. The number of rotatable bonds is 6. The van der Waals surface area contributed by atoms with Crippen LogP contribution >= 0.6 is 0 Å². The molecule has 174 valence electrons. The fraction of sp³-hybridized carbons (Fsp3) is 0.423. The monoisotopic (exact) mass is 448 g/mol. The summed E-state index contributed by atoms with van der Waals surface area (Å²) in [5.74, 6) is -0.573. The minimum atomic E-state index is -0.333. The number of amides is 3. The molecule has 2 aliphatic rings. The lowest BCUT2D eigenvalue weighted by Crippen LogP contribution is -2.50. The number of benzene rings is 2. The molecule has 0 aliphatic carbocycles. The van der Waals surface area contributed by atoms with Crippen LogP contribution in [0, 0.1) is 12.8 Å². The van der Waals surface area contributed by atoms with Gasteiger partial charge < -0.3 is 15.1 Å². The molecule has 0 aromatic heterocycles. The van der Waals surface area contributed by atoms with Crippen LogP contribution in [0.4, 0.5) is 11.4 Å². The number of piperazine rings is 1. The molecule has 0 radical (unpaired) electrons. The van der Waals surface area contributed by atoms with Crippen LogP contribution in [-0.2, 0) is 9.59 Å². The van der Waals surface area contributed by atoms with E-state index < -0.39 is 0 Å². The summed E-state index contributed by atoms with van der Waals surface area (Å²) >= 11 is 0. The molecular weight excluding hydrogens is 416 g/mol. The summed E-state index contributed by atoms with van der Waals surface area (Å²) in [4.78, 5) is 44.5. The highest BCUT2D eigenvalue weighted by Gasteiger charge is 2.38. The fourth-order valence-electron chi connectivity index (χ4n) is 4.63. The third kappa shape index (κ3) is 5.42. The first kappa shape index (κ1) is 23.0. The summed E-state index contributed by atoms with van der Waals surface area (Å²) in [5, 5.41) is 2.90. The van der Waals surface area contributed by atoms with Gasteiger partial charge in [-0.2, -0.15) is 0 Å². The molecule has 0 spiro atoms. The average molecular weight is 449 g/mol. The van der Waals surface area contributed by atoms with E-state index in [-0.39, 0.29) is 30.1 Å². The maximum atomic E-state index is 13.1. The zero-order valence-electron chi connectivity index (χ0n) is 19.4. The summed E-state index contributed by atoms with van der Waals surface area (Å²) in [5.41, 5.74) is 2.92. The Kier molecular flexibility index (Phi) is 7.08. The highest BCUT2D eigenvalue weighted by molar-refractivity contribution is 6.06. The van der Waals surface area contributed by atoms with E-state index in [2.05, 4.69) is 17.1 Å². The van der Waals surface area contributed by atoms with Crippen molar-refractivity contribution in [3.63, 3.8) is 0 Å². The molecule has 2 aliphatic heterocycles. The summed E-state index contributed by atoms with van der Waals surface area (Å²) < 4.78 is 0. The Morgan fingerprint density at radius 3 is 2.52 bits per heavy atom. The van der Waals surface area contributed by atoms with E-state index in [9.17, 15) is 14.4 Å². The maximum absolute atomic E-state index is 13.1. The van der Waals surface area contributed by atoms with Gasteiger partial charge in [0.05, 0.1) is 5.92 Å². The van der Waals surface area contributed by atoms with Crippen molar-refractivity contribution in [2.45, 2.75) is 26.7 Å². The minimum Gasteiger partial charge on any atom is -0.340 e. The van der Waals surface area contributed by atoms with Crippen molar-refractivity contribution in [1.29, 1.82) is 0 Å². The number of nitrogens with zero attached hydrogens (tertiary/aromatic N) is 3. The van der Waals surface area contributed by atoms with Crippen molar-refractivity contribution in [3.8, 4) is 0 Å². The van der Waals surface area contributed by atoms with E-state index in [1.54, 1.807) is 23.1 Å². The van der Waals surface area contributed by atoms with Gasteiger partial charge in [-0.25, -0.2) is 0 Å². The molecule has 4 rings (SSSR count). The minimum absolute atomic E-state index is 0.0651. The summed E-state index contributed by atoms with van der Waals surface area (Å²) in [6.45, 7) is 8.78. The molecule has 2 aromatic rings. The first-order chi connectivity index (χ1) is 15.9. The second kappa shape index (κ2) is 10.2. The van der Waals surface area contributed by atoms with Gasteiger partial charge in [-0.1, -0.05) is 25.1 Å². The number of aryl methyl sites for hydroxylation is 1. The second-order valence-electron chi connectivity index (χ2n) is 8.95. The predicted molar refractivity (Wildman–Crippen MR) is 129 cm³/mol. The lowest BCUT2D eigenvalue weighted by Gasteiger charge is -2.35. The standard InChI is InChI=1S/C26H32N4O3/c1-3-10-28-11-13-29(14-12-28)26(33)21-17-24(31)30(18-21)23-9-5-7-20(16-23)25(32)27-22-8-4-6-19(2)15-22/h4-9,15-16,21H,3,10-14,17-18H2,1-2H3,(H,27,32)/t21-/m1/s1. The third-order valence-electron chi connectivity index (χ3n) is 6.39. The molecule has 33 heavy (non-hydrogen) atoms. The molecule has 2 aromatic carbocycles. The number of carbonyl (C=O) groups excluding carboxylic acids is 3. The summed E-state index contributed by atoms with van der Waals surface area (Å²) in [6.07, 6.45) is 1.33. The molecule has 2 heterocycles. The molecule has 7 heteroatoms. The van der Waals surface area contributed by atoms with Crippen molar-refractivity contribution in [2.24, 2.45) is 5.92 Å². The van der Waals surface area contributed by atoms with Gasteiger partial charge in [-0.15, -0.1) is 0 Å². The lowest BCUT2D eigenvalue weighted by atomic mass is 10.1. The highest BCUT2D eigenvalue weighted by Crippen LogP contribution is 2.27. The van der Waals surface area contributed by atoms with Crippen LogP contribution in [0.25, 0.3) is 0 Å². The Bertz CT molecular complexity index is 1030. The predicted octanol–water partition coefficient (Wildman–Crippen LogP) is 3.15. The van der Waals surface area contributed by atoms with Crippen LogP contribution in [0.3, 0.4) is 0 Å². The second-order valence-corrected chi connectivity index (χ2v) is 8.95. The van der Waals surface area contributed by atoms with Crippen molar-refractivity contribution in [1.82, 2.24) is 9.80 Å². The van der Waals surface area contributed by atoms with Gasteiger partial charge in [0.1, 0.15) is 0 Å². The highest BCUT2D eigenvalue weighted by atomic mass is 16.2. The Hall–Kier alpha value is -3.19. The number of nitrogens with one attached hydrogen (secondary N) is 1.